The van der Waals surface area contributed by atoms with Gasteiger partial charge in [-0.05, 0) is 60.2 Å². The second kappa shape index (κ2) is 12.6. The van der Waals surface area contributed by atoms with Crippen molar-refractivity contribution in [3.05, 3.63) is 80.7 Å². The van der Waals surface area contributed by atoms with Crippen molar-refractivity contribution in [3.8, 4) is 46.3 Å². The van der Waals surface area contributed by atoms with Crippen molar-refractivity contribution in [1.29, 1.82) is 5.26 Å². The maximum Gasteiger partial charge on any atom is 0.331 e. The van der Waals surface area contributed by atoms with Gasteiger partial charge in [0, 0.05) is 46.7 Å². The first kappa shape index (κ1) is 34.9. The normalized spacial score (nSPS) is 29.8. The average Bonchev–Trinajstić information content (AvgIpc) is 3.56. The second-order valence-electron chi connectivity index (χ2n) is 14.7. The standard InChI is InChI=1S/C40H41N4O9S/c1-6-9-50-34-20(3)35-36(53-18-52-35)28-24-14-51-38(47)40(23-12-26(48-4)25(45)11-21(23)7-8-43-40)17-54-37(29(28)34)31-30-27-22(10-19(2)33(49-5)32(27)46)13-39(15-41,16-42-30)44(24)31/h6,10-12,24,30-31,37,43,45-46H,1,7-9,13-14,16-18H2,2-5H3/q-1/t24-,30+,31?,37+,39-,40+/m0/s1. The maximum atomic E-state index is 14.8. The van der Waals surface area contributed by atoms with Gasteiger partial charge in [0.25, 0.3) is 0 Å². The molecule has 2 unspecified atom stereocenters. The van der Waals surface area contributed by atoms with E-state index in [2.05, 4.69) is 22.9 Å². The Labute approximate surface area is 317 Å². The van der Waals surface area contributed by atoms with Gasteiger partial charge in [-0.2, -0.15) is 5.26 Å². The van der Waals surface area contributed by atoms with Crippen LogP contribution in [0.5, 0.6) is 40.2 Å². The van der Waals surface area contributed by atoms with Gasteiger partial charge in [0.1, 0.15) is 19.0 Å². The molecule has 54 heavy (non-hydrogen) atoms. The molecule has 0 aliphatic carbocycles. The molecule has 8 aliphatic rings. The highest BCUT2D eigenvalue weighted by molar-refractivity contribution is 7.99. The van der Waals surface area contributed by atoms with E-state index in [-0.39, 0.29) is 56.0 Å². The van der Waals surface area contributed by atoms with Crippen LogP contribution < -0.4 is 29.0 Å². The Morgan fingerprint density at radius 2 is 1.93 bits per heavy atom. The first-order valence-corrected chi connectivity index (χ1v) is 19.1. The van der Waals surface area contributed by atoms with Crippen molar-refractivity contribution < 1.29 is 43.4 Å². The Morgan fingerprint density at radius 3 is 2.69 bits per heavy atom. The van der Waals surface area contributed by atoms with Gasteiger partial charge in [-0.25, -0.2) is 4.79 Å². The number of piperazine rings is 1. The number of phenols is 2. The van der Waals surface area contributed by atoms with Gasteiger partial charge in [-0.15, -0.1) is 18.3 Å². The molecule has 1 spiro atoms. The fourth-order valence-electron chi connectivity index (χ4n) is 9.80. The van der Waals surface area contributed by atoms with E-state index in [4.69, 9.17) is 33.7 Å². The number of rotatable bonds is 5. The Morgan fingerprint density at radius 1 is 1.11 bits per heavy atom. The molecule has 7 atom stereocenters. The van der Waals surface area contributed by atoms with Gasteiger partial charge in [0.05, 0.1) is 31.9 Å². The minimum atomic E-state index is -1.32. The summed E-state index contributed by atoms with van der Waals surface area (Å²) in [6.07, 6.45) is 2.55. The lowest BCUT2D eigenvalue weighted by Crippen LogP contribution is -2.65. The highest BCUT2D eigenvalue weighted by Gasteiger charge is 2.60. The summed E-state index contributed by atoms with van der Waals surface area (Å²) in [6, 6.07) is 6.25. The third kappa shape index (κ3) is 4.65. The molecule has 13 nitrogen and oxygen atoms in total. The van der Waals surface area contributed by atoms with Crippen LogP contribution in [0.25, 0.3) is 5.32 Å². The number of nitriles is 1. The molecule has 0 aromatic heterocycles. The number of hydrogen-bond donors (Lipinski definition) is 3. The number of benzene rings is 3. The second-order valence-corrected chi connectivity index (χ2v) is 15.8. The first-order valence-electron chi connectivity index (χ1n) is 18.0. The molecular formula is C40H41N4O9S-. The van der Waals surface area contributed by atoms with Crippen LogP contribution in [0, 0.1) is 25.2 Å². The van der Waals surface area contributed by atoms with E-state index in [0.29, 0.717) is 47.1 Å². The van der Waals surface area contributed by atoms with Crippen LogP contribution in [0.1, 0.15) is 61.8 Å². The molecule has 0 saturated carbocycles. The van der Waals surface area contributed by atoms with Gasteiger partial charge in [0.15, 0.2) is 40.0 Å². The number of carbonyl (C=O) groups excluding carboxylic acids is 1. The predicted molar refractivity (Wildman–Crippen MR) is 198 cm³/mol. The van der Waals surface area contributed by atoms with Crippen molar-refractivity contribution in [2.75, 3.05) is 53.1 Å². The molecule has 3 aromatic carbocycles. The van der Waals surface area contributed by atoms with E-state index < -0.39 is 40.4 Å². The lowest BCUT2D eigenvalue weighted by molar-refractivity contribution is -0.155. The van der Waals surface area contributed by atoms with Crippen molar-refractivity contribution in [3.63, 3.8) is 0 Å². The molecule has 3 aromatic rings. The minimum Gasteiger partial charge on any atom is -0.652 e. The number of nitrogens with one attached hydrogen (secondary N) is 1. The third-order valence-corrected chi connectivity index (χ3v) is 13.5. The zero-order valence-electron chi connectivity index (χ0n) is 30.5. The summed E-state index contributed by atoms with van der Waals surface area (Å²) in [5.74, 6) is 2.04. The number of esters is 1. The molecule has 14 heteroatoms. The van der Waals surface area contributed by atoms with Crippen LogP contribution in [0.2, 0.25) is 0 Å². The fraction of sp³-hybridized carbons (Fsp3) is 0.450. The van der Waals surface area contributed by atoms with E-state index in [1.165, 1.54) is 26.0 Å². The topological polar surface area (TPSA) is 166 Å². The van der Waals surface area contributed by atoms with Crippen LogP contribution >= 0.6 is 11.8 Å². The van der Waals surface area contributed by atoms with Crippen LogP contribution in [-0.2, 0) is 27.9 Å². The summed E-state index contributed by atoms with van der Waals surface area (Å²) < 4.78 is 36.7. The van der Waals surface area contributed by atoms with Crippen LogP contribution in [0.3, 0.4) is 0 Å². The monoisotopic (exact) mass is 753 g/mol. The predicted octanol–water partition coefficient (Wildman–Crippen LogP) is 5.07. The number of phenolic OH excluding ortho intramolecular Hbond substituents is 2. The highest BCUT2D eigenvalue weighted by atomic mass is 32.2. The fourth-order valence-corrected chi connectivity index (χ4v) is 11.5. The summed E-state index contributed by atoms with van der Waals surface area (Å²) in [5, 5.41) is 42.3. The smallest absolute Gasteiger partial charge is 0.331 e. The van der Waals surface area contributed by atoms with Crippen LogP contribution in [-0.4, -0.2) is 85.7 Å². The van der Waals surface area contributed by atoms with E-state index in [9.17, 15) is 20.3 Å². The summed E-state index contributed by atoms with van der Waals surface area (Å²) in [7, 11) is 3.01. The Bertz CT molecular complexity index is 2170. The van der Waals surface area contributed by atoms with E-state index in [0.717, 1.165) is 33.4 Å². The Kier molecular flexibility index (Phi) is 8.17. The lowest BCUT2D eigenvalue weighted by Gasteiger charge is -2.63. The molecule has 2 fully saturated rings. The number of aromatic hydroxyl groups is 2. The van der Waals surface area contributed by atoms with Crippen molar-refractivity contribution >= 4 is 17.7 Å². The van der Waals surface area contributed by atoms with Gasteiger partial charge < -0.3 is 44.0 Å². The number of ether oxygens (including phenoxy) is 6. The molecule has 2 saturated heterocycles. The molecular weight excluding hydrogens is 713 g/mol. The van der Waals surface area contributed by atoms with Gasteiger partial charge in [0.2, 0.25) is 6.79 Å². The SMILES string of the molecule is C=CCOc1c(C)c2c(c3c1[C@H]1SC[C@]4(NCCc5cc(O)c(OC)cc54)C(=O)OC[C@@H]3N3C1[C@@H]1[N-]C[C@@]3(C#N)Cc3cc(C)c(OC)c(O)c31)OCO2. The number of carbonyl (C=O) groups is 1. The summed E-state index contributed by atoms with van der Waals surface area (Å²) in [5.41, 5.74) is 3.55. The van der Waals surface area contributed by atoms with E-state index >= 15 is 0 Å². The van der Waals surface area contributed by atoms with Gasteiger partial charge >= 0.3 is 5.97 Å². The molecule has 0 amide bonds. The number of methoxy groups -OCH3 is 2. The molecule has 0 radical (unpaired) electrons. The van der Waals surface area contributed by atoms with Crippen molar-refractivity contribution in [1.82, 2.24) is 10.2 Å². The number of thioether (sulfide) groups is 1. The first-order chi connectivity index (χ1) is 26.1. The quantitative estimate of drug-likeness (QED) is 0.234. The molecule has 8 aliphatic heterocycles. The summed E-state index contributed by atoms with van der Waals surface area (Å²) in [4.78, 5) is 17.0. The lowest BCUT2D eigenvalue weighted by atomic mass is 9.76. The zero-order valence-corrected chi connectivity index (χ0v) is 31.3. The minimum absolute atomic E-state index is 0.000496. The van der Waals surface area contributed by atoms with Gasteiger partial charge in [-0.1, -0.05) is 24.8 Å². The maximum absolute atomic E-state index is 14.8. The third-order valence-electron chi connectivity index (χ3n) is 12.0. The molecule has 282 valence electrons. The highest BCUT2D eigenvalue weighted by Crippen LogP contribution is 2.66. The summed E-state index contributed by atoms with van der Waals surface area (Å²) >= 11 is 1.54. The molecule has 11 rings (SSSR count). The van der Waals surface area contributed by atoms with Crippen molar-refractivity contribution in [2.24, 2.45) is 0 Å². The Balaban J connectivity index is 1.33. The zero-order chi connectivity index (χ0) is 37.7. The molecule has 3 N–H and O–H groups in total. The van der Waals surface area contributed by atoms with Crippen molar-refractivity contribution in [2.45, 2.75) is 61.1 Å². The summed E-state index contributed by atoms with van der Waals surface area (Å²) in [6.45, 7) is 8.46. The number of fused-ring (bicyclic) bond motifs is 6. The van der Waals surface area contributed by atoms with E-state index in [1.54, 1.807) is 18.2 Å². The average molecular weight is 754 g/mol. The number of aryl methyl sites for hydroxylation is 1. The van der Waals surface area contributed by atoms with Gasteiger partial charge in [-0.3, -0.25) is 10.2 Å². The van der Waals surface area contributed by atoms with Crippen LogP contribution in [0.15, 0.2) is 30.9 Å². The largest absolute Gasteiger partial charge is 0.652 e. The number of hydrogen-bond acceptors (Lipinski definition) is 13. The molecule has 8 heterocycles. The Hall–Kier alpha value is -4.81. The van der Waals surface area contributed by atoms with Crippen LogP contribution in [0.4, 0.5) is 0 Å². The van der Waals surface area contributed by atoms with E-state index in [1.807, 2.05) is 19.9 Å². The molecule has 4 bridgehead atoms. The number of nitrogens with zero attached hydrogens (tertiary/aromatic N) is 3.